The normalized spacial score (nSPS) is 14.2. The minimum atomic E-state index is -2.11. The van der Waals surface area contributed by atoms with Crippen molar-refractivity contribution in [3.63, 3.8) is 0 Å². The van der Waals surface area contributed by atoms with Crippen LogP contribution in [0.1, 0.15) is 118 Å². The van der Waals surface area contributed by atoms with Crippen LogP contribution < -0.4 is 0 Å². The summed E-state index contributed by atoms with van der Waals surface area (Å²) >= 11 is 1.68. The molecule has 44 heavy (non-hydrogen) atoms. The number of hydrogen-bond acceptors (Lipinski definition) is 9. The Hall–Kier alpha value is -2.50. The Morgan fingerprint density at radius 2 is 0.659 bits per heavy atom. The van der Waals surface area contributed by atoms with Gasteiger partial charge in [-0.15, -0.1) is 0 Å². The summed E-state index contributed by atoms with van der Waals surface area (Å²) in [5.41, 5.74) is -6.33. The number of hydrogen-bond donors (Lipinski definition) is 9. The molecule has 0 aliphatic rings. The van der Waals surface area contributed by atoms with Gasteiger partial charge in [-0.05, 0) is 19.3 Å². The van der Waals surface area contributed by atoms with Gasteiger partial charge in [-0.25, -0.2) is 14.4 Å². The average molecular weight is 746 g/mol. The van der Waals surface area contributed by atoms with E-state index in [0.29, 0.717) is 19.3 Å². The number of rotatable bonds is 20. The van der Waals surface area contributed by atoms with E-state index in [2.05, 4.69) is 6.92 Å². The zero-order valence-electron chi connectivity index (χ0n) is 26.1. The molecular formula is C28H51O15Sn. The molecule has 0 aromatic carbocycles. The molecule has 3 atom stereocenters. The maximum atomic E-state index is 10.5. The van der Waals surface area contributed by atoms with Crippen LogP contribution in [0.4, 0.5) is 0 Å². The summed E-state index contributed by atoms with van der Waals surface area (Å²) in [6.07, 6.45) is 4.12. The Kier molecular flexibility index (Phi) is 29.6. The second-order valence-electron chi connectivity index (χ2n) is 10.1. The molecule has 257 valence electrons. The molecule has 0 bridgehead atoms. The van der Waals surface area contributed by atoms with Gasteiger partial charge in [0.2, 0.25) is 0 Å². The van der Waals surface area contributed by atoms with Crippen molar-refractivity contribution in [1.82, 2.24) is 0 Å². The molecule has 0 saturated heterocycles. The van der Waals surface area contributed by atoms with Gasteiger partial charge in [0.25, 0.3) is 0 Å². The van der Waals surface area contributed by atoms with Crippen LogP contribution in [-0.2, 0) is 28.8 Å². The fourth-order valence-electron chi connectivity index (χ4n) is 3.15. The molecule has 0 rings (SSSR count). The van der Waals surface area contributed by atoms with E-state index in [-0.39, 0.29) is 19.3 Å². The van der Waals surface area contributed by atoms with Crippen LogP contribution in [0.3, 0.4) is 0 Å². The van der Waals surface area contributed by atoms with Crippen LogP contribution in [0, 0.1) is 0 Å². The predicted octanol–water partition coefficient (Wildman–Crippen LogP) is 2.77. The second-order valence-corrected chi connectivity index (χ2v) is 11.6. The molecule has 3 radical (unpaired) electrons. The molecule has 0 aliphatic carbocycles. The topological polar surface area (TPSA) is 284 Å². The van der Waals surface area contributed by atoms with Crippen molar-refractivity contribution in [2.45, 2.75) is 139 Å². The van der Waals surface area contributed by atoms with E-state index in [0.717, 1.165) is 19.3 Å². The zero-order chi connectivity index (χ0) is 35.6. The minimum absolute atomic E-state index is 0.0227. The number of aliphatic carboxylic acids is 6. The first-order chi connectivity index (χ1) is 20.2. The van der Waals surface area contributed by atoms with E-state index in [1.54, 1.807) is 22.5 Å². The summed E-state index contributed by atoms with van der Waals surface area (Å²) in [5.74, 6) is -8.32. The van der Waals surface area contributed by atoms with Crippen LogP contribution in [0.5, 0.6) is 0 Å². The first-order valence-corrected chi connectivity index (χ1v) is 16.4. The van der Waals surface area contributed by atoms with E-state index < -0.39 is 71.9 Å². The van der Waals surface area contributed by atoms with Crippen molar-refractivity contribution in [3.05, 3.63) is 0 Å². The van der Waals surface area contributed by atoms with Crippen LogP contribution in [0.2, 0.25) is 4.44 Å². The number of carboxylic acid groups (broad SMARTS) is 6. The van der Waals surface area contributed by atoms with Crippen molar-refractivity contribution < 1.29 is 74.7 Å². The van der Waals surface area contributed by atoms with Crippen LogP contribution in [0.15, 0.2) is 0 Å². The molecular weight excluding hydrogens is 695 g/mol. The number of unbranched alkanes of at least 4 members (excludes halogenated alkanes) is 4. The van der Waals surface area contributed by atoms with Gasteiger partial charge in [-0.1, -0.05) is 59.3 Å². The summed E-state index contributed by atoms with van der Waals surface area (Å²) in [7, 11) is 0. The number of aliphatic hydroxyl groups is 3. The van der Waals surface area contributed by atoms with E-state index >= 15 is 0 Å². The third kappa shape index (κ3) is 25.9. The molecule has 3 unspecified atom stereocenters. The predicted molar refractivity (Wildman–Crippen MR) is 159 cm³/mol. The Labute approximate surface area is 271 Å². The Morgan fingerprint density at radius 1 is 0.455 bits per heavy atom. The molecule has 0 aromatic rings. The van der Waals surface area contributed by atoms with Crippen molar-refractivity contribution in [1.29, 1.82) is 0 Å². The quantitative estimate of drug-likeness (QED) is 0.0810. The van der Waals surface area contributed by atoms with Gasteiger partial charge in [-0.3, -0.25) is 14.4 Å². The molecule has 0 spiro atoms. The zero-order valence-corrected chi connectivity index (χ0v) is 28.9. The van der Waals surface area contributed by atoms with Gasteiger partial charge < -0.3 is 46.0 Å². The van der Waals surface area contributed by atoms with Gasteiger partial charge in [0.15, 0.2) is 16.8 Å². The van der Waals surface area contributed by atoms with Gasteiger partial charge in [-0.2, -0.15) is 0 Å². The van der Waals surface area contributed by atoms with Crippen molar-refractivity contribution in [2.75, 3.05) is 0 Å². The van der Waals surface area contributed by atoms with Crippen molar-refractivity contribution in [2.24, 2.45) is 0 Å². The standard InChI is InChI=1S/3C8H14O5.C4H9.Sn/c3*1-2-3-4-8(13,7(11)12)5-6(9)10;1-3-4-2;/h3*13H,2-5H2,1H3,(H,9,10)(H,11,12);1,3-4H2,2H3;. The first-order valence-electron chi connectivity index (χ1n) is 14.4. The van der Waals surface area contributed by atoms with Crippen molar-refractivity contribution in [3.8, 4) is 0 Å². The molecule has 0 amide bonds. The molecule has 0 fully saturated rings. The Balaban J connectivity index is -0.000000253. The van der Waals surface area contributed by atoms with Gasteiger partial charge in [0.1, 0.15) is 0 Å². The third-order valence-electron chi connectivity index (χ3n) is 5.89. The van der Waals surface area contributed by atoms with Gasteiger partial charge in [0, 0.05) is 0 Å². The second kappa shape index (κ2) is 26.9. The Morgan fingerprint density at radius 3 is 0.750 bits per heavy atom. The van der Waals surface area contributed by atoms with Gasteiger partial charge >= 0.3 is 82.5 Å². The fourth-order valence-corrected chi connectivity index (χ4v) is 4.16. The Bertz CT molecular complexity index is 759. The molecule has 0 aliphatic heterocycles. The summed E-state index contributed by atoms with van der Waals surface area (Å²) in [6.45, 7) is 7.74. The first kappa shape index (κ1) is 48.4. The van der Waals surface area contributed by atoms with Crippen LogP contribution in [-0.4, -0.2) is 121 Å². The SMILES string of the molecule is CCCCC(O)(CC(=O)O)C(=O)O.CCCCC(O)(CC(=O)O)C(=O)O.CCCCC(O)(CC(=O)O)C(=O)O.CCC[CH2][Sn]. The monoisotopic (exact) mass is 747 g/mol. The van der Waals surface area contributed by atoms with E-state index in [4.69, 9.17) is 30.6 Å². The van der Waals surface area contributed by atoms with E-state index in [1.165, 1.54) is 17.3 Å². The molecule has 0 aromatic heterocycles. The van der Waals surface area contributed by atoms with Gasteiger partial charge in [0.05, 0.1) is 19.3 Å². The van der Waals surface area contributed by atoms with Crippen LogP contribution in [0.25, 0.3) is 0 Å². The summed E-state index contributed by atoms with van der Waals surface area (Å²) in [4.78, 5) is 62.4. The molecule has 0 saturated carbocycles. The maximum absolute atomic E-state index is 10.5. The summed E-state index contributed by atoms with van der Waals surface area (Å²) in [5, 5.41) is 79.1. The molecule has 0 heterocycles. The molecule has 15 nitrogen and oxygen atoms in total. The number of carbonyl (C=O) groups is 6. The summed E-state index contributed by atoms with van der Waals surface area (Å²) in [6, 6.07) is 0. The summed E-state index contributed by atoms with van der Waals surface area (Å²) < 4.78 is 1.43. The average Bonchev–Trinajstić information content (AvgIpc) is 2.89. The van der Waals surface area contributed by atoms with Crippen LogP contribution >= 0.6 is 0 Å². The van der Waals surface area contributed by atoms with Crippen molar-refractivity contribution >= 4 is 58.3 Å². The molecule has 16 heteroatoms. The van der Waals surface area contributed by atoms with E-state index in [1.807, 2.05) is 20.8 Å². The third-order valence-corrected chi connectivity index (χ3v) is 6.90. The number of carboxylic acids is 6. The molecule has 9 N–H and O–H groups in total. The van der Waals surface area contributed by atoms with E-state index in [9.17, 15) is 44.1 Å². The fraction of sp³-hybridized carbons (Fsp3) is 0.786.